The van der Waals surface area contributed by atoms with Crippen molar-refractivity contribution < 1.29 is 24.4 Å². The van der Waals surface area contributed by atoms with E-state index in [-0.39, 0.29) is 21.1 Å². The van der Waals surface area contributed by atoms with Crippen LogP contribution < -0.4 is 10.5 Å². The second kappa shape index (κ2) is 5.51. The molecule has 0 unspecified atom stereocenters. The Morgan fingerprint density at radius 3 is 2.41 bits per heavy atom. The molecule has 1 aromatic heterocycles. The highest BCUT2D eigenvalue weighted by atomic mass is 16.7. The normalized spacial score (nSPS) is 41.9. The van der Waals surface area contributed by atoms with E-state index in [0.29, 0.717) is 0 Å². The molecule has 0 aromatic carbocycles. The number of pyridine rings is 1. The Labute approximate surface area is 149 Å². The summed E-state index contributed by atoms with van der Waals surface area (Å²) in [5.74, 6) is 0. The van der Waals surface area contributed by atoms with Crippen LogP contribution in [0, 0.1) is 0 Å². The zero-order valence-corrected chi connectivity index (χ0v) is 13.0. The number of nitrogens with zero attached hydrogens (tertiary/aromatic N) is 3. The first kappa shape index (κ1) is 7.20. The second-order valence-electron chi connectivity index (χ2n) is 6.15. The molecule has 3 rings (SSSR count). The Balaban J connectivity index is 2.15. The summed E-state index contributed by atoms with van der Waals surface area (Å²) in [6, 6.07) is 2.40. The second-order valence-corrected chi connectivity index (χ2v) is 6.15. The van der Waals surface area contributed by atoms with Crippen LogP contribution in [0.2, 0.25) is 0 Å². The maximum Gasteiger partial charge on any atom is 0.514 e. The molecule has 0 saturated carbocycles. The van der Waals surface area contributed by atoms with Gasteiger partial charge in [-0.05, 0) is 46.8 Å². The lowest BCUT2D eigenvalue weighted by Gasteiger charge is -2.34. The van der Waals surface area contributed by atoms with Crippen molar-refractivity contribution in [1.82, 2.24) is 9.88 Å². The lowest BCUT2D eigenvalue weighted by molar-refractivity contribution is 0.00578. The SMILES string of the molecule is [2H]C([2H])([2H])N1C([2H])([2H])C([2H])([2H])N(c2ccnc(B3OC(C)(C)C(C)(C)O3)c2)C([2H])([2H])C1([2H])[2H]. The third-order valence-electron chi connectivity index (χ3n) is 4.06. The van der Waals surface area contributed by atoms with Gasteiger partial charge in [-0.1, -0.05) is 0 Å². The molecule has 2 fully saturated rings. The summed E-state index contributed by atoms with van der Waals surface area (Å²) in [6.07, 6.45) is 1.21. The lowest BCUT2D eigenvalue weighted by Crippen LogP contribution is -2.45. The van der Waals surface area contributed by atoms with Gasteiger partial charge in [0.1, 0.15) is 0 Å². The molecule has 120 valence electrons. The molecule has 5 nitrogen and oxygen atoms in total. The number of anilines is 1. The zero-order valence-electron chi connectivity index (χ0n) is 24.0. The maximum atomic E-state index is 8.41. The molecule has 6 heteroatoms. The summed E-state index contributed by atoms with van der Waals surface area (Å²) >= 11 is 0. The quantitative estimate of drug-likeness (QED) is 0.765. The van der Waals surface area contributed by atoms with Crippen molar-refractivity contribution in [3.05, 3.63) is 18.3 Å². The highest BCUT2D eigenvalue weighted by molar-refractivity contribution is 6.61. The van der Waals surface area contributed by atoms with Gasteiger partial charge in [-0.15, -0.1) is 0 Å². The molecule has 2 aliphatic heterocycles. The fourth-order valence-corrected chi connectivity index (χ4v) is 2.05. The van der Waals surface area contributed by atoms with Crippen molar-refractivity contribution >= 4 is 18.4 Å². The van der Waals surface area contributed by atoms with Crippen molar-refractivity contribution in [2.75, 3.05) is 37.9 Å². The molecule has 0 radical (unpaired) electrons. The first-order valence-electron chi connectivity index (χ1n) is 12.4. The molecule has 2 saturated heterocycles. The summed E-state index contributed by atoms with van der Waals surface area (Å²) in [4.78, 5) is 4.08. The van der Waals surface area contributed by atoms with E-state index in [1.54, 1.807) is 0 Å². The number of hydrogen-bond acceptors (Lipinski definition) is 5. The van der Waals surface area contributed by atoms with Crippen LogP contribution in [0.4, 0.5) is 5.69 Å². The van der Waals surface area contributed by atoms with Gasteiger partial charge in [-0.2, -0.15) is 0 Å². The Bertz CT molecular complexity index is 895. The van der Waals surface area contributed by atoms with Gasteiger partial charge in [-0.3, -0.25) is 4.98 Å². The van der Waals surface area contributed by atoms with Gasteiger partial charge in [0.2, 0.25) is 0 Å². The minimum atomic E-state index is -3.47. The van der Waals surface area contributed by atoms with E-state index in [1.807, 2.05) is 27.7 Å². The van der Waals surface area contributed by atoms with Crippen LogP contribution in [-0.2, 0) is 9.31 Å². The van der Waals surface area contributed by atoms with E-state index in [9.17, 15) is 0 Å². The zero-order chi connectivity index (χ0) is 25.6. The van der Waals surface area contributed by atoms with Crippen molar-refractivity contribution in [3.8, 4) is 0 Å². The van der Waals surface area contributed by atoms with E-state index in [1.165, 1.54) is 18.3 Å². The van der Waals surface area contributed by atoms with E-state index in [2.05, 4.69) is 4.98 Å². The first-order valence-corrected chi connectivity index (χ1v) is 6.94. The maximum absolute atomic E-state index is 8.41. The monoisotopic (exact) mass is 314 g/mol. The van der Waals surface area contributed by atoms with Crippen molar-refractivity contribution in [2.24, 2.45) is 0 Å². The number of aromatic nitrogens is 1. The summed E-state index contributed by atoms with van der Waals surface area (Å²) in [6.45, 7) is -9.77. The molecule has 0 aliphatic carbocycles. The summed E-state index contributed by atoms with van der Waals surface area (Å²) in [5.41, 5.74) is -1.57. The Kier molecular flexibility index (Phi) is 1.80. The molecule has 2 aliphatic rings. The Morgan fingerprint density at radius 2 is 1.82 bits per heavy atom. The highest BCUT2D eigenvalue weighted by Crippen LogP contribution is 2.36. The van der Waals surface area contributed by atoms with Gasteiger partial charge in [0.15, 0.2) is 0 Å². The van der Waals surface area contributed by atoms with Gasteiger partial charge in [0, 0.05) is 47.5 Å². The molecule has 3 heterocycles. The van der Waals surface area contributed by atoms with Crippen molar-refractivity contribution in [1.29, 1.82) is 0 Å². The Morgan fingerprint density at radius 1 is 1.18 bits per heavy atom. The third kappa shape index (κ3) is 2.87. The minimum absolute atomic E-state index is 0.136. The predicted octanol–water partition coefficient (Wildman–Crippen LogP) is 1.13. The average Bonchev–Trinajstić information content (AvgIpc) is 2.79. The van der Waals surface area contributed by atoms with Crippen molar-refractivity contribution in [3.63, 3.8) is 0 Å². The summed E-state index contributed by atoms with van der Waals surface area (Å²) in [5, 5.41) is 0. The van der Waals surface area contributed by atoms with Gasteiger partial charge in [0.05, 0.1) is 22.3 Å². The molecular weight excluding hydrogens is 277 g/mol. The Hall–Kier alpha value is -1.11. The molecule has 0 N–H and O–H groups in total. The van der Waals surface area contributed by atoms with E-state index in [0.717, 1.165) is 0 Å². The van der Waals surface area contributed by atoms with Gasteiger partial charge < -0.3 is 19.1 Å². The fourth-order valence-electron chi connectivity index (χ4n) is 2.05. The van der Waals surface area contributed by atoms with Gasteiger partial charge >= 0.3 is 7.12 Å². The molecule has 0 atom stereocenters. The molecule has 0 spiro atoms. The van der Waals surface area contributed by atoms with E-state index in [4.69, 9.17) is 24.4 Å². The highest BCUT2D eigenvalue weighted by Gasteiger charge is 2.52. The topological polar surface area (TPSA) is 37.8 Å². The summed E-state index contributed by atoms with van der Waals surface area (Å²) < 4.78 is 101. The van der Waals surface area contributed by atoms with Crippen molar-refractivity contribution in [2.45, 2.75) is 38.9 Å². The van der Waals surface area contributed by atoms with Crippen LogP contribution in [0.15, 0.2) is 18.3 Å². The standard InChI is InChI=1S/C16H26BN3O2/c1-15(2)16(3,4)22-17(21-15)14-12-13(6-7-18-14)20-10-8-19(5)9-11-20/h6-7,12H,8-11H2,1-5H3/i5D3,8D2,9D2,10D2,11D2. The van der Waals surface area contributed by atoms with Crippen LogP contribution in [0.5, 0.6) is 0 Å². The molecular formula is C16H26BN3O2. The lowest BCUT2D eigenvalue weighted by atomic mass is 9.84. The largest absolute Gasteiger partial charge is 0.514 e. The number of piperazine rings is 1. The molecule has 0 amide bonds. The van der Waals surface area contributed by atoms with Crippen LogP contribution in [0.25, 0.3) is 0 Å². The predicted molar refractivity (Wildman–Crippen MR) is 89.7 cm³/mol. The molecule has 22 heavy (non-hydrogen) atoms. The average molecular weight is 314 g/mol. The van der Waals surface area contributed by atoms with Crippen LogP contribution >= 0.6 is 0 Å². The first-order chi connectivity index (χ1) is 14.5. The number of rotatable bonds is 2. The van der Waals surface area contributed by atoms with Crippen LogP contribution in [0.3, 0.4) is 0 Å². The van der Waals surface area contributed by atoms with Crippen LogP contribution in [0.1, 0.15) is 42.8 Å². The summed E-state index contributed by atoms with van der Waals surface area (Å²) in [7, 11) is -0.996. The fraction of sp³-hybridized carbons (Fsp3) is 0.688. The smallest absolute Gasteiger partial charge is 0.398 e. The minimum Gasteiger partial charge on any atom is -0.398 e. The van der Waals surface area contributed by atoms with Gasteiger partial charge in [0.25, 0.3) is 0 Å². The molecule has 1 aromatic rings. The number of likely N-dealkylation sites (N-methyl/N-ethyl adjacent to an activating group) is 1. The third-order valence-corrected chi connectivity index (χ3v) is 4.06. The number of hydrogen-bond donors (Lipinski definition) is 0. The van der Waals surface area contributed by atoms with Crippen LogP contribution in [-0.4, -0.2) is 61.2 Å². The van der Waals surface area contributed by atoms with E-state index >= 15 is 0 Å². The molecule has 0 bridgehead atoms. The van der Waals surface area contributed by atoms with Gasteiger partial charge in [-0.25, -0.2) is 0 Å². The van der Waals surface area contributed by atoms with E-state index < -0.39 is 51.3 Å².